The predicted molar refractivity (Wildman–Crippen MR) is 61.2 cm³/mol. The smallest absolute Gasteiger partial charge is 0.253 e. The summed E-state index contributed by atoms with van der Waals surface area (Å²) in [5, 5.41) is 0.670. The lowest BCUT2D eigenvalue weighted by Gasteiger charge is -2.10. The van der Waals surface area contributed by atoms with Gasteiger partial charge in [0, 0.05) is 11.1 Å². The summed E-state index contributed by atoms with van der Waals surface area (Å²) in [6.07, 6.45) is -4.36. The van der Waals surface area contributed by atoms with Gasteiger partial charge in [0.1, 0.15) is 0 Å². The maximum absolute atomic E-state index is 12.6. The highest BCUT2D eigenvalue weighted by Crippen LogP contribution is 2.34. The Labute approximate surface area is 101 Å². The number of hydrogen-bond donors (Lipinski definition) is 0. The van der Waals surface area contributed by atoms with E-state index in [9.17, 15) is 13.2 Å². The molecule has 2 rings (SSSR count). The Balaban J connectivity index is 2.78. The highest BCUT2D eigenvalue weighted by molar-refractivity contribution is 6.36. The van der Waals surface area contributed by atoms with Crippen molar-refractivity contribution in [3.05, 3.63) is 40.0 Å². The first-order valence-corrected chi connectivity index (χ1v) is 5.32. The van der Waals surface area contributed by atoms with Crippen molar-refractivity contribution in [2.24, 2.45) is 0 Å². The Kier molecular flexibility index (Phi) is 2.78. The molecule has 0 saturated heterocycles. The Morgan fingerprint density at radius 3 is 2.41 bits per heavy atom. The molecule has 0 saturated carbocycles. The van der Waals surface area contributed by atoms with Crippen LogP contribution < -0.4 is 0 Å². The van der Waals surface area contributed by atoms with Gasteiger partial charge in [0.25, 0.3) is 0 Å². The van der Waals surface area contributed by atoms with E-state index in [-0.39, 0.29) is 0 Å². The largest absolute Gasteiger partial charge is 0.416 e. The second-order valence-electron chi connectivity index (χ2n) is 3.87. The fourth-order valence-electron chi connectivity index (χ4n) is 1.61. The lowest BCUT2D eigenvalue weighted by Crippen LogP contribution is -2.04. The molecule has 0 aliphatic heterocycles. The quantitative estimate of drug-likeness (QED) is 0.678. The van der Waals surface area contributed by atoms with E-state index in [1.165, 1.54) is 6.07 Å². The van der Waals surface area contributed by atoms with Gasteiger partial charge in [-0.15, -0.1) is 0 Å². The zero-order valence-corrected chi connectivity index (χ0v) is 9.95. The van der Waals surface area contributed by atoms with E-state index in [0.717, 1.165) is 17.8 Å². The van der Waals surface area contributed by atoms with Crippen molar-refractivity contribution in [2.75, 3.05) is 0 Å². The molecule has 5 heteroatoms. The molecule has 90 valence electrons. The SMILES string of the molecule is Cc1nc2ccc(C(F)(F)F)cc2c(Cl)c1C. The standard InChI is InChI=1S/C12H9ClF3N/c1-6-7(2)17-10-4-3-8(12(14,15)16)5-9(10)11(6)13/h3-5H,1-2H3. The van der Waals surface area contributed by atoms with Crippen LogP contribution >= 0.6 is 11.6 Å². The van der Waals surface area contributed by atoms with E-state index in [1.54, 1.807) is 13.8 Å². The first-order valence-electron chi connectivity index (χ1n) is 4.94. The Morgan fingerprint density at radius 2 is 1.82 bits per heavy atom. The summed E-state index contributed by atoms with van der Waals surface area (Å²) in [5.74, 6) is 0. The normalized spacial score (nSPS) is 12.1. The van der Waals surface area contributed by atoms with Crippen molar-refractivity contribution in [1.82, 2.24) is 4.98 Å². The molecule has 0 atom stereocenters. The molecule has 1 aromatic heterocycles. The predicted octanol–water partition coefficient (Wildman–Crippen LogP) is 4.52. The minimum absolute atomic E-state index is 0.332. The summed E-state index contributed by atoms with van der Waals surface area (Å²) in [6.45, 7) is 3.52. The number of nitrogens with zero attached hydrogens (tertiary/aromatic N) is 1. The van der Waals surface area contributed by atoms with Gasteiger partial charge >= 0.3 is 6.18 Å². The van der Waals surface area contributed by atoms with Crippen molar-refractivity contribution >= 4 is 22.5 Å². The molecule has 0 radical (unpaired) electrons. The van der Waals surface area contributed by atoms with Gasteiger partial charge in [-0.2, -0.15) is 13.2 Å². The summed E-state index contributed by atoms with van der Waals surface area (Å²) in [5.41, 5.74) is 1.20. The minimum Gasteiger partial charge on any atom is -0.253 e. The van der Waals surface area contributed by atoms with Gasteiger partial charge in [-0.1, -0.05) is 11.6 Å². The van der Waals surface area contributed by atoms with Crippen LogP contribution in [0, 0.1) is 13.8 Å². The van der Waals surface area contributed by atoms with Crippen LogP contribution in [0.4, 0.5) is 13.2 Å². The van der Waals surface area contributed by atoms with Gasteiger partial charge in [0.05, 0.1) is 16.1 Å². The summed E-state index contributed by atoms with van der Waals surface area (Å²) in [7, 11) is 0. The molecule has 0 fully saturated rings. The maximum atomic E-state index is 12.6. The second-order valence-corrected chi connectivity index (χ2v) is 4.24. The highest BCUT2D eigenvalue weighted by atomic mass is 35.5. The third kappa shape index (κ3) is 2.09. The molecule has 0 amide bonds. The average molecular weight is 260 g/mol. The Morgan fingerprint density at radius 1 is 1.18 bits per heavy atom. The first kappa shape index (κ1) is 12.2. The van der Waals surface area contributed by atoms with Gasteiger partial charge < -0.3 is 0 Å². The van der Waals surface area contributed by atoms with Crippen molar-refractivity contribution in [1.29, 1.82) is 0 Å². The first-order chi connectivity index (χ1) is 7.80. The molecule has 0 N–H and O–H groups in total. The number of rotatable bonds is 0. The minimum atomic E-state index is -4.36. The molecular weight excluding hydrogens is 251 g/mol. The molecule has 0 aliphatic rings. The number of hydrogen-bond acceptors (Lipinski definition) is 1. The van der Waals surface area contributed by atoms with Gasteiger partial charge in [0.2, 0.25) is 0 Å². The van der Waals surface area contributed by atoms with Gasteiger partial charge in [-0.05, 0) is 37.6 Å². The molecule has 2 aromatic rings. The van der Waals surface area contributed by atoms with E-state index >= 15 is 0 Å². The van der Waals surface area contributed by atoms with Crippen LogP contribution in [-0.4, -0.2) is 4.98 Å². The molecule has 1 heterocycles. The zero-order chi connectivity index (χ0) is 12.8. The van der Waals surface area contributed by atoms with E-state index < -0.39 is 11.7 Å². The van der Waals surface area contributed by atoms with Crippen LogP contribution in [0.1, 0.15) is 16.8 Å². The number of halogens is 4. The van der Waals surface area contributed by atoms with Gasteiger partial charge in [-0.25, -0.2) is 0 Å². The highest BCUT2D eigenvalue weighted by Gasteiger charge is 2.30. The van der Waals surface area contributed by atoms with Crippen LogP contribution in [-0.2, 0) is 6.18 Å². The van der Waals surface area contributed by atoms with Crippen LogP contribution in [0.3, 0.4) is 0 Å². The number of aryl methyl sites for hydroxylation is 1. The number of benzene rings is 1. The molecule has 1 aromatic carbocycles. The number of aromatic nitrogens is 1. The number of pyridine rings is 1. The summed E-state index contributed by atoms with van der Waals surface area (Å²) >= 11 is 6.05. The maximum Gasteiger partial charge on any atom is 0.416 e. The van der Waals surface area contributed by atoms with Crippen molar-refractivity contribution in [3.8, 4) is 0 Å². The monoisotopic (exact) mass is 259 g/mol. The third-order valence-corrected chi connectivity index (χ3v) is 3.21. The molecule has 1 nitrogen and oxygen atoms in total. The molecule has 0 spiro atoms. The van der Waals surface area contributed by atoms with Crippen molar-refractivity contribution in [2.45, 2.75) is 20.0 Å². The fourth-order valence-corrected chi connectivity index (χ4v) is 1.90. The summed E-state index contributed by atoms with van der Waals surface area (Å²) < 4.78 is 37.7. The fraction of sp³-hybridized carbons (Fsp3) is 0.250. The van der Waals surface area contributed by atoms with Gasteiger partial charge in [0.15, 0.2) is 0 Å². The summed E-state index contributed by atoms with van der Waals surface area (Å²) in [6, 6.07) is 3.40. The number of fused-ring (bicyclic) bond motifs is 1. The average Bonchev–Trinajstić information content (AvgIpc) is 2.24. The van der Waals surface area contributed by atoms with Crippen LogP contribution in [0.15, 0.2) is 18.2 Å². The van der Waals surface area contributed by atoms with Crippen LogP contribution in [0.5, 0.6) is 0 Å². The van der Waals surface area contributed by atoms with Crippen molar-refractivity contribution in [3.63, 3.8) is 0 Å². The third-order valence-electron chi connectivity index (χ3n) is 2.72. The lowest BCUT2D eigenvalue weighted by molar-refractivity contribution is -0.137. The lowest BCUT2D eigenvalue weighted by atomic mass is 10.1. The number of alkyl halides is 3. The van der Waals surface area contributed by atoms with Crippen LogP contribution in [0.25, 0.3) is 10.9 Å². The molecule has 17 heavy (non-hydrogen) atoms. The molecule has 0 bridgehead atoms. The molecular formula is C12H9ClF3N. The second kappa shape index (κ2) is 3.88. The van der Waals surface area contributed by atoms with Crippen molar-refractivity contribution < 1.29 is 13.2 Å². The Hall–Kier alpha value is -1.29. The van der Waals surface area contributed by atoms with E-state index in [2.05, 4.69) is 4.98 Å². The Bertz CT molecular complexity index is 590. The summed E-state index contributed by atoms with van der Waals surface area (Å²) in [4.78, 5) is 4.21. The zero-order valence-electron chi connectivity index (χ0n) is 9.19. The van der Waals surface area contributed by atoms with Crippen LogP contribution in [0.2, 0.25) is 5.02 Å². The van der Waals surface area contributed by atoms with Gasteiger partial charge in [-0.3, -0.25) is 4.98 Å². The molecule has 0 aliphatic carbocycles. The van der Waals surface area contributed by atoms with E-state index in [0.29, 0.717) is 21.5 Å². The van der Waals surface area contributed by atoms with E-state index in [4.69, 9.17) is 11.6 Å². The topological polar surface area (TPSA) is 12.9 Å². The molecule has 0 unspecified atom stereocenters. The van der Waals surface area contributed by atoms with E-state index in [1.807, 2.05) is 0 Å².